The lowest BCUT2D eigenvalue weighted by molar-refractivity contribution is -0.113. The Morgan fingerprint density at radius 3 is 2.61 bits per heavy atom. The first-order valence-electron chi connectivity index (χ1n) is 9.61. The lowest BCUT2D eigenvalue weighted by Crippen LogP contribution is -2.14. The Hall–Kier alpha value is -2.53. The predicted molar refractivity (Wildman–Crippen MR) is 118 cm³/mol. The summed E-state index contributed by atoms with van der Waals surface area (Å²) >= 11 is 1.44. The molecule has 3 aromatic rings. The van der Waals surface area contributed by atoms with E-state index in [9.17, 15) is 4.79 Å². The van der Waals surface area contributed by atoms with Crippen LogP contribution in [-0.2, 0) is 4.79 Å². The molecule has 1 heterocycles. The molecular weight excluding hydrogens is 366 g/mol. The molecular formula is C23H27N3OS. The van der Waals surface area contributed by atoms with Crippen molar-refractivity contribution >= 4 is 23.4 Å². The normalized spacial score (nSPS) is 12.0. The second-order valence-corrected chi connectivity index (χ2v) is 8.08. The smallest absolute Gasteiger partial charge is 0.234 e. The highest BCUT2D eigenvalue weighted by molar-refractivity contribution is 7.99. The van der Waals surface area contributed by atoms with E-state index in [-0.39, 0.29) is 5.91 Å². The van der Waals surface area contributed by atoms with Gasteiger partial charge in [-0.05, 0) is 55.5 Å². The maximum atomic E-state index is 12.4. The van der Waals surface area contributed by atoms with Gasteiger partial charge in [0.2, 0.25) is 5.91 Å². The van der Waals surface area contributed by atoms with Crippen LogP contribution >= 0.6 is 11.8 Å². The number of amides is 1. The number of aromatic nitrogens is 2. The van der Waals surface area contributed by atoms with Crippen LogP contribution in [0.1, 0.15) is 42.9 Å². The summed E-state index contributed by atoms with van der Waals surface area (Å²) in [6.45, 7) is 8.56. The maximum absolute atomic E-state index is 12.4. The van der Waals surface area contributed by atoms with E-state index in [1.807, 2.05) is 22.9 Å². The zero-order chi connectivity index (χ0) is 20.1. The molecule has 28 heavy (non-hydrogen) atoms. The highest BCUT2D eigenvalue weighted by Gasteiger charge is 2.11. The van der Waals surface area contributed by atoms with E-state index in [4.69, 9.17) is 0 Å². The monoisotopic (exact) mass is 393 g/mol. The topological polar surface area (TPSA) is 46.9 Å². The van der Waals surface area contributed by atoms with Crippen LogP contribution in [0.5, 0.6) is 0 Å². The standard InChI is InChI=1S/C23H27N3OS/c1-5-17(3)19-7-9-20(10-8-19)25-22(27)15-28-23-24-12-13-26(23)21-11-6-16(2)14-18(21)4/h6-14,17H,5,15H2,1-4H3,(H,25,27)/t17-/m1/s1. The lowest BCUT2D eigenvalue weighted by Gasteiger charge is -2.12. The lowest BCUT2D eigenvalue weighted by atomic mass is 9.99. The Morgan fingerprint density at radius 1 is 1.18 bits per heavy atom. The highest BCUT2D eigenvalue weighted by Crippen LogP contribution is 2.24. The summed E-state index contributed by atoms with van der Waals surface area (Å²) in [4.78, 5) is 16.8. The first-order chi connectivity index (χ1) is 13.5. The molecule has 0 aliphatic carbocycles. The summed E-state index contributed by atoms with van der Waals surface area (Å²) in [5.41, 5.74) is 5.63. The van der Waals surface area contributed by atoms with Gasteiger partial charge >= 0.3 is 0 Å². The van der Waals surface area contributed by atoms with Crippen molar-refractivity contribution in [2.45, 2.75) is 45.2 Å². The summed E-state index contributed by atoms with van der Waals surface area (Å²) in [5.74, 6) is 0.815. The third-order valence-electron chi connectivity index (χ3n) is 4.93. The van der Waals surface area contributed by atoms with Crippen LogP contribution in [-0.4, -0.2) is 21.2 Å². The second kappa shape index (κ2) is 9.11. The number of thioether (sulfide) groups is 1. The number of carbonyl (C=O) groups excluding carboxylic acids is 1. The number of rotatable bonds is 7. The molecule has 0 aliphatic heterocycles. The molecule has 0 bridgehead atoms. The predicted octanol–water partition coefficient (Wildman–Crippen LogP) is 5.73. The van der Waals surface area contributed by atoms with Crippen LogP contribution in [0.3, 0.4) is 0 Å². The van der Waals surface area contributed by atoms with E-state index < -0.39 is 0 Å². The van der Waals surface area contributed by atoms with Gasteiger partial charge in [0.05, 0.1) is 11.4 Å². The number of anilines is 1. The molecule has 1 N–H and O–H groups in total. The number of hydrogen-bond acceptors (Lipinski definition) is 3. The van der Waals surface area contributed by atoms with Crippen LogP contribution < -0.4 is 5.32 Å². The largest absolute Gasteiger partial charge is 0.325 e. The minimum Gasteiger partial charge on any atom is -0.325 e. The van der Waals surface area contributed by atoms with Gasteiger partial charge < -0.3 is 5.32 Å². The average molecular weight is 394 g/mol. The average Bonchev–Trinajstić information content (AvgIpc) is 3.14. The van der Waals surface area contributed by atoms with Gasteiger partial charge in [-0.1, -0.05) is 55.4 Å². The first kappa shape index (κ1) is 20.2. The van der Waals surface area contributed by atoms with Crippen LogP contribution in [0.4, 0.5) is 5.69 Å². The van der Waals surface area contributed by atoms with Gasteiger partial charge in [0.15, 0.2) is 5.16 Å². The molecule has 0 radical (unpaired) electrons. The van der Waals surface area contributed by atoms with Crippen molar-refractivity contribution in [1.29, 1.82) is 0 Å². The van der Waals surface area contributed by atoms with Gasteiger partial charge in [0.1, 0.15) is 0 Å². The highest BCUT2D eigenvalue weighted by atomic mass is 32.2. The summed E-state index contributed by atoms with van der Waals surface area (Å²) in [6.07, 6.45) is 4.81. The molecule has 0 saturated heterocycles. The van der Waals surface area contributed by atoms with Gasteiger partial charge in [0.25, 0.3) is 0 Å². The summed E-state index contributed by atoms with van der Waals surface area (Å²) < 4.78 is 2.04. The van der Waals surface area contributed by atoms with E-state index in [2.05, 4.69) is 68.3 Å². The van der Waals surface area contributed by atoms with E-state index in [0.29, 0.717) is 11.7 Å². The Balaban J connectivity index is 1.62. The van der Waals surface area contributed by atoms with Gasteiger partial charge in [-0.2, -0.15) is 0 Å². The molecule has 5 heteroatoms. The van der Waals surface area contributed by atoms with Crippen LogP contribution in [0.25, 0.3) is 5.69 Å². The molecule has 0 fully saturated rings. The quantitative estimate of drug-likeness (QED) is 0.521. The zero-order valence-corrected chi connectivity index (χ0v) is 17.7. The number of nitrogens with one attached hydrogen (secondary N) is 1. The van der Waals surface area contributed by atoms with Crippen molar-refractivity contribution in [3.63, 3.8) is 0 Å². The van der Waals surface area contributed by atoms with Gasteiger partial charge in [0, 0.05) is 18.1 Å². The van der Waals surface area contributed by atoms with E-state index >= 15 is 0 Å². The Kier molecular flexibility index (Phi) is 6.57. The van der Waals surface area contributed by atoms with Crippen LogP contribution in [0.15, 0.2) is 60.0 Å². The number of carbonyl (C=O) groups is 1. The molecule has 1 atom stereocenters. The molecule has 0 spiro atoms. The van der Waals surface area contributed by atoms with E-state index in [1.165, 1.54) is 28.5 Å². The van der Waals surface area contributed by atoms with Crippen LogP contribution in [0, 0.1) is 13.8 Å². The summed E-state index contributed by atoms with van der Waals surface area (Å²) in [7, 11) is 0. The zero-order valence-electron chi connectivity index (χ0n) is 16.9. The fourth-order valence-corrected chi connectivity index (χ4v) is 3.88. The summed E-state index contributed by atoms with van der Waals surface area (Å²) in [6, 6.07) is 14.5. The second-order valence-electron chi connectivity index (χ2n) is 7.14. The molecule has 1 aromatic heterocycles. The third kappa shape index (κ3) is 4.84. The molecule has 0 unspecified atom stereocenters. The number of nitrogens with zero attached hydrogens (tertiary/aromatic N) is 2. The number of benzene rings is 2. The molecule has 3 rings (SSSR count). The number of aryl methyl sites for hydroxylation is 2. The SMILES string of the molecule is CC[C@@H](C)c1ccc(NC(=O)CSc2nccn2-c2ccc(C)cc2C)cc1. The van der Waals surface area contributed by atoms with Crippen molar-refractivity contribution in [1.82, 2.24) is 9.55 Å². The number of hydrogen-bond donors (Lipinski definition) is 1. The van der Waals surface area contributed by atoms with Crippen molar-refractivity contribution in [3.05, 3.63) is 71.5 Å². The van der Waals surface area contributed by atoms with E-state index in [1.54, 1.807) is 6.20 Å². The third-order valence-corrected chi connectivity index (χ3v) is 5.89. The Labute approximate surface area is 171 Å². The minimum atomic E-state index is -0.0310. The molecule has 4 nitrogen and oxygen atoms in total. The fourth-order valence-electron chi connectivity index (χ4n) is 3.11. The van der Waals surface area contributed by atoms with Crippen molar-refractivity contribution in [3.8, 4) is 5.69 Å². The van der Waals surface area contributed by atoms with E-state index in [0.717, 1.165) is 23.0 Å². The van der Waals surface area contributed by atoms with Crippen molar-refractivity contribution < 1.29 is 4.79 Å². The van der Waals surface area contributed by atoms with Crippen LogP contribution in [0.2, 0.25) is 0 Å². The molecule has 0 aliphatic rings. The number of imidazole rings is 1. The molecule has 2 aromatic carbocycles. The Bertz CT molecular complexity index is 947. The van der Waals surface area contributed by atoms with Crippen molar-refractivity contribution in [2.24, 2.45) is 0 Å². The fraction of sp³-hybridized carbons (Fsp3) is 0.304. The van der Waals surface area contributed by atoms with Gasteiger partial charge in [-0.3, -0.25) is 9.36 Å². The molecule has 1 amide bonds. The van der Waals surface area contributed by atoms with Gasteiger partial charge in [-0.25, -0.2) is 4.98 Å². The molecule has 0 saturated carbocycles. The molecule has 146 valence electrons. The van der Waals surface area contributed by atoms with Crippen molar-refractivity contribution in [2.75, 3.05) is 11.1 Å². The Morgan fingerprint density at radius 2 is 1.93 bits per heavy atom. The first-order valence-corrected chi connectivity index (χ1v) is 10.6. The maximum Gasteiger partial charge on any atom is 0.234 e. The van der Waals surface area contributed by atoms with Gasteiger partial charge in [-0.15, -0.1) is 0 Å². The summed E-state index contributed by atoms with van der Waals surface area (Å²) in [5, 5.41) is 3.78. The minimum absolute atomic E-state index is 0.0310.